The van der Waals surface area contributed by atoms with E-state index >= 15 is 0 Å². The second-order valence-corrected chi connectivity index (χ2v) is 2.11. The molecule has 6 heteroatoms. The molecule has 0 spiro atoms. The summed E-state index contributed by atoms with van der Waals surface area (Å²) in [7, 11) is -2.12. The molecule has 38 valence electrons. The van der Waals surface area contributed by atoms with Crippen LogP contribution in [-0.4, -0.2) is 39.3 Å². The van der Waals surface area contributed by atoms with Gasteiger partial charge in [-0.15, -0.1) is 0 Å². The van der Waals surface area contributed by atoms with Crippen molar-refractivity contribution in [3.05, 3.63) is 0 Å². The third-order valence-electron chi connectivity index (χ3n) is 0.0492. The normalized spacial score (nSPS) is 8.17. The van der Waals surface area contributed by atoms with Crippen molar-refractivity contribution in [3.63, 3.8) is 0 Å². The third kappa shape index (κ3) is 9.41. The Balaban J connectivity index is 0. The van der Waals surface area contributed by atoms with Gasteiger partial charge in [-0.25, -0.2) is 0 Å². The van der Waals surface area contributed by atoms with Crippen LogP contribution in [0.2, 0.25) is 0 Å². The van der Waals surface area contributed by atoms with Gasteiger partial charge in [0.1, 0.15) is 0 Å². The summed E-state index contributed by atoms with van der Waals surface area (Å²) in [5, 5.41) is 0. The van der Waals surface area contributed by atoms with E-state index in [4.69, 9.17) is 9.79 Å². The Morgan fingerprint density at radius 3 is 1.67 bits per heavy atom. The van der Waals surface area contributed by atoms with E-state index in [9.17, 15) is 0 Å². The Bertz CT molecular complexity index is 24.8. The molecule has 0 aliphatic carbocycles. The van der Waals surface area contributed by atoms with Gasteiger partial charge in [0, 0.05) is 0 Å². The molecule has 2 N–H and O–H groups in total. The van der Waals surface area contributed by atoms with Gasteiger partial charge in [0.2, 0.25) is 0 Å². The first-order valence-corrected chi connectivity index (χ1v) is 2.76. The van der Waals surface area contributed by atoms with Crippen LogP contribution in [0, 0.1) is 0 Å². The molecule has 0 aromatic carbocycles. The van der Waals surface area contributed by atoms with Crippen molar-refractivity contribution in [1.82, 2.24) is 0 Å². The maximum absolute atomic E-state index is 7.75. The number of hydrogen-bond acceptors (Lipinski definition) is 3. The van der Waals surface area contributed by atoms with Gasteiger partial charge >= 0.3 is 72.4 Å². The zero-order chi connectivity index (χ0) is 4.28. The standard InChI is InChI=1S/Au.Na.H2O3P.H/c;;1-4(2)3;/h;;1-2H;/q+1;;-1;. The molecule has 0 aromatic heterocycles. The van der Waals surface area contributed by atoms with Crippen molar-refractivity contribution in [2.75, 3.05) is 0 Å². The molecule has 0 aliphatic rings. The molecule has 6 heavy (non-hydrogen) atoms. The topological polar surface area (TPSA) is 49.7 Å². The van der Waals surface area contributed by atoms with Gasteiger partial charge in [-0.3, -0.25) is 0 Å². The van der Waals surface area contributed by atoms with Crippen LogP contribution >= 0.6 is 8.60 Å². The summed E-state index contributed by atoms with van der Waals surface area (Å²) in [6.45, 7) is 0. The fourth-order valence-electron chi connectivity index (χ4n) is 0. The van der Waals surface area contributed by atoms with Crippen LogP contribution in [0.3, 0.4) is 0 Å². The summed E-state index contributed by atoms with van der Waals surface area (Å²) in [5.74, 6) is 0. The fraction of sp³-hybridized carbons (Fsp3) is 0. The van der Waals surface area contributed by atoms with E-state index in [-0.39, 0.29) is 29.6 Å². The van der Waals surface area contributed by atoms with Crippen LogP contribution in [0.25, 0.3) is 0 Å². The van der Waals surface area contributed by atoms with Crippen molar-refractivity contribution in [1.29, 1.82) is 0 Å². The Kier molecular flexibility index (Phi) is 12.8. The van der Waals surface area contributed by atoms with E-state index < -0.39 is 8.60 Å². The summed E-state index contributed by atoms with van der Waals surface area (Å²) in [4.78, 5) is 15.5. The van der Waals surface area contributed by atoms with E-state index in [1.165, 1.54) is 0 Å². The molecular formula is H3AuNaO3P. The molecule has 0 bridgehead atoms. The average molecular weight is 302 g/mol. The summed E-state index contributed by atoms with van der Waals surface area (Å²) in [6, 6.07) is 0. The Morgan fingerprint density at radius 1 is 1.50 bits per heavy atom. The Hall–Kier alpha value is 2.05. The first kappa shape index (κ1) is 10.9. The first-order chi connectivity index (χ1) is 2.27. The third-order valence-corrected chi connectivity index (χ3v) is 1.21. The number of hydrogen-bond donors (Lipinski definition) is 2. The summed E-state index contributed by atoms with van der Waals surface area (Å²) >= 11 is 1.56. The number of rotatable bonds is 1. The molecule has 0 atom stereocenters. The molecule has 0 amide bonds. The minimum atomic E-state index is -2.12. The predicted molar refractivity (Wildman–Crippen MR) is 19.6 cm³/mol. The molecule has 0 heterocycles. The quantitative estimate of drug-likeness (QED) is 0.484. The van der Waals surface area contributed by atoms with Gasteiger partial charge in [0.25, 0.3) is 0 Å². The van der Waals surface area contributed by atoms with Gasteiger partial charge < -0.3 is 0 Å². The molecule has 0 aromatic rings. The molecular weight excluding hydrogens is 299 g/mol. The van der Waals surface area contributed by atoms with Crippen LogP contribution in [-0.2, 0) is 24.5 Å². The van der Waals surface area contributed by atoms with E-state index in [0.717, 1.165) is 0 Å². The monoisotopic (exact) mass is 302 g/mol. The minimum absolute atomic E-state index is 0. The molecule has 0 saturated heterocycles. The molecule has 0 radical (unpaired) electrons. The first-order valence-electron chi connectivity index (χ1n) is 0.706. The van der Waals surface area contributed by atoms with Gasteiger partial charge in [-0.1, -0.05) is 0 Å². The van der Waals surface area contributed by atoms with Crippen molar-refractivity contribution >= 4 is 38.2 Å². The van der Waals surface area contributed by atoms with E-state index in [1.54, 1.807) is 21.5 Å². The molecule has 0 unspecified atom stereocenters. The zero-order valence-corrected chi connectivity index (χ0v) is 5.11. The fourth-order valence-corrected chi connectivity index (χ4v) is 0. The Morgan fingerprint density at radius 2 is 1.67 bits per heavy atom. The van der Waals surface area contributed by atoms with E-state index in [2.05, 4.69) is 3.03 Å². The predicted octanol–water partition coefficient (Wildman–Crippen LogP) is -0.972. The second-order valence-electron chi connectivity index (χ2n) is 0.308. The van der Waals surface area contributed by atoms with Gasteiger partial charge in [-0.2, -0.15) is 0 Å². The second kappa shape index (κ2) is 7.05. The van der Waals surface area contributed by atoms with Crippen molar-refractivity contribution < 1.29 is 34.3 Å². The Labute approximate surface area is 71.8 Å². The summed E-state index contributed by atoms with van der Waals surface area (Å²) in [5.41, 5.74) is 0. The maximum atomic E-state index is 7.75. The molecule has 3 nitrogen and oxygen atoms in total. The van der Waals surface area contributed by atoms with Crippen molar-refractivity contribution in [2.24, 2.45) is 0 Å². The van der Waals surface area contributed by atoms with Gasteiger partial charge in [-0.05, 0) is 0 Å². The van der Waals surface area contributed by atoms with Gasteiger partial charge in [0.15, 0.2) is 0 Å². The summed E-state index contributed by atoms with van der Waals surface area (Å²) in [6.07, 6.45) is 0. The summed E-state index contributed by atoms with van der Waals surface area (Å²) < 4.78 is 3.87. The van der Waals surface area contributed by atoms with Crippen LogP contribution in [0.4, 0.5) is 0 Å². The zero-order valence-electron chi connectivity index (χ0n) is 2.05. The SMILES string of the molecule is OP(O)[O][Au].[NaH]. The van der Waals surface area contributed by atoms with E-state index in [0.29, 0.717) is 0 Å². The molecule has 0 fully saturated rings. The van der Waals surface area contributed by atoms with E-state index in [1.807, 2.05) is 0 Å². The molecule has 0 saturated carbocycles. The molecule has 0 rings (SSSR count). The van der Waals surface area contributed by atoms with Crippen LogP contribution in [0.5, 0.6) is 0 Å². The average Bonchev–Trinajstić information content (AvgIpc) is 1.38. The molecule has 0 aliphatic heterocycles. The van der Waals surface area contributed by atoms with Crippen LogP contribution in [0.1, 0.15) is 0 Å². The van der Waals surface area contributed by atoms with Crippen molar-refractivity contribution in [3.8, 4) is 0 Å². The van der Waals surface area contributed by atoms with Gasteiger partial charge in [0.05, 0.1) is 0 Å². The van der Waals surface area contributed by atoms with Crippen LogP contribution < -0.4 is 0 Å². The van der Waals surface area contributed by atoms with Crippen LogP contribution in [0.15, 0.2) is 0 Å². The van der Waals surface area contributed by atoms with Crippen molar-refractivity contribution in [2.45, 2.75) is 0 Å².